The van der Waals surface area contributed by atoms with E-state index in [1.165, 1.54) is 25.6 Å². The van der Waals surface area contributed by atoms with E-state index >= 15 is 0 Å². The minimum Gasteiger partial charge on any atom is -0.463 e. The fourth-order valence-electron chi connectivity index (χ4n) is 3.43. The Morgan fingerprint density at radius 2 is 2.20 bits per heavy atom. The first-order chi connectivity index (χ1) is 12.1. The number of rotatable bonds is 6. The maximum absolute atomic E-state index is 12.6. The van der Waals surface area contributed by atoms with E-state index in [4.69, 9.17) is 21.8 Å². The SMILES string of the molecule is CCCCN1CCC(CNC(=O)c2cc(Cl)c(N)c3ccoc23)CC1. The summed E-state index contributed by atoms with van der Waals surface area (Å²) in [5.74, 6) is 0.369. The standard InChI is InChI=1S/C19H26ClN3O2/c1-2-3-7-23-8-4-13(5-9-23)12-22-19(24)15-11-16(20)17(21)14-6-10-25-18(14)15/h6,10-11,13H,2-5,7-9,12,21H2,1H3,(H,22,24). The van der Waals surface area contributed by atoms with E-state index in [-0.39, 0.29) is 5.91 Å². The van der Waals surface area contributed by atoms with Crippen molar-refractivity contribution >= 4 is 34.2 Å². The monoisotopic (exact) mass is 363 g/mol. The molecule has 2 aromatic rings. The molecular formula is C19H26ClN3O2. The second-order valence-electron chi connectivity index (χ2n) is 6.83. The zero-order valence-corrected chi connectivity index (χ0v) is 15.4. The third kappa shape index (κ3) is 4.10. The predicted molar refractivity (Wildman–Crippen MR) is 102 cm³/mol. The van der Waals surface area contributed by atoms with Gasteiger partial charge in [-0.1, -0.05) is 24.9 Å². The first-order valence-electron chi connectivity index (χ1n) is 9.06. The minimum atomic E-state index is -0.157. The van der Waals surface area contributed by atoms with Crippen LogP contribution >= 0.6 is 11.6 Å². The summed E-state index contributed by atoms with van der Waals surface area (Å²) >= 11 is 6.15. The number of carbonyl (C=O) groups is 1. The number of piperidine rings is 1. The number of hydrogen-bond acceptors (Lipinski definition) is 4. The second kappa shape index (κ2) is 8.11. The Morgan fingerprint density at radius 1 is 1.44 bits per heavy atom. The van der Waals surface area contributed by atoms with Crippen LogP contribution in [-0.2, 0) is 0 Å². The highest BCUT2D eigenvalue weighted by molar-refractivity contribution is 6.35. The van der Waals surface area contributed by atoms with Crippen LogP contribution in [0.25, 0.3) is 11.0 Å². The van der Waals surface area contributed by atoms with Crippen LogP contribution in [-0.4, -0.2) is 37.0 Å². The quantitative estimate of drug-likeness (QED) is 0.763. The number of fused-ring (bicyclic) bond motifs is 1. The van der Waals surface area contributed by atoms with Crippen LogP contribution in [0.2, 0.25) is 5.02 Å². The van der Waals surface area contributed by atoms with Gasteiger partial charge in [0.2, 0.25) is 0 Å². The molecule has 1 aromatic heterocycles. The number of nitrogen functional groups attached to an aromatic ring is 1. The van der Waals surface area contributed by atoms with E-state index in [2.05, 4.69) is 17.1 Å². The van der Waals surface area contributed by atoms with Crippen molar-refractivity contribution in [2.24, 2.45) is 5.92 Å². The van der Waals surface area contributed by atoms with Gasteiger partial charge in [-0.05, 0) is 56.9 Å². The van der Waals surface area contributed by atoms with Gasteiger partial charge in [-0.2, -0.15) is 0 Å². The predicted octanol–water partition coefficient (Wildman–Crippen LogP) is 3.91. The molecule has 2 heterocycles. The van der Waals surface area contributed by atoms with Crippen LogP contribution in [0.5, 0.6) is 0 Å². The number of hydrogen-bond donors (Lipinski definition) is 2. The molecule has 3 rings (SSSR count). The number of furan rings is 1. The van der Waals surface area contributed by atoms with E-state index in [0.29, 0.717) is 39.7 Å². The highest BCUT2D eigenvalue weighted by Gasteiger charge is 2.21. The van der Waals surface area contributed by atoms with Gasteiger partial charge in [0.25, 0.3) is 5.91 Å². The van der Waals surface area contributed by atoms with E-state index in [0.717, 1.165) is 25.9 Å². The lowest BCUT2D eigenvalue weighted by atomic mass is 9.96. The van der Waals surface area contributed by atoms with Gasteiger partial charge in [0.1, 0.15) is 5.58 Å². The lowest BCUT2D eigenvalue weighted by molar-refractivity contribution is 0.0936. The van der Waals surface area contributed by atoms with Crippen molar-refractivity contribution < 1.29 is 9.21 Å². The third-order valence-corrected chi connectivity index (χ3v) is 5.37. The number of anilines is 1. The summed E-state index contributed by atoms with van der Waals surface area (Å²) < 4.78 is 5.44. The molecule has 1 fully saturated rings. The van der Waals surface area contributed by atoms with E-state index in [1.54, 1.807) is 12.1 Å². The lowest BCUT2D eigenvalue weighted by Crippen LogP contribution is -2.39. The van der Waals surface area contributed by atoms with Gasteiger partial charge < -0.3 is 20.4 Å². The third-order valence-electron chi connectivity index (χ3n) is 5.06. The van der Waals surface area contributed by atoms with Crippen LogP contribution in [0.15, 0.2) is 22.8 Å². The molecule has 136 valence electrons. The van der Waals surface area contributed by atoms with Crippen molar-refractivity contribution in [3.8, 4) is 0 Å². The largest absolute Gasteiger partial charge is 0.463 e. The molecule has 1 amide bonds. The summed E-state index contributed by atoms with van der Waals surface area (Å²) in [6.07, 6.45) is 6.28. The van der Waals surface area contributed by atoms with Gasteiger partial charge >= 0.3 is 0 Å². The molecule has 0 radical (unpaired) electrons. The summed E-state index contributed by atoms with van der Waals surface area (Å²) in [5, 5.41) is 4.10. The Kier molecular flexibility index (Phi) is 5.86. The Morgan fingerprint density at radius 3 is 2.92 bits per heavy atom. The van der Waals surface area contributed by atoms with Gasteiger partial charge in [-0.25, -0.2) is 0 Å². The lowest BCUT2D eigenvalue weighted by Gasteiger charge is -2.31. The molecule has 0 atom stereocenters. The molecule has 0 saturated carbocycles. The Bertz CT molecular complexity index is 736. The Labute approximate surface area is 153 Å². The number of amides is 1. The van der Waals surface area contributed by atoms with Crippen LogP contribution in [0.4, 0.5) is 5.69 Å². The number of nitrogens with one attached hydrogen (secondary N) is 1. The smallest absolute Gasteiger partial charge is 0.255 e. The molecule has 0 spiro atoms. The number of nitrogens with two attached hydrogens (primary N) is 1. The highest BCUT2D eigenvalue weighted by Crippen LogP contribution is 2.32. The zero-order valence-electron chi connectivity index (χ0n) is 14.7. The van der Waals surface area contributed by atoms with Crippen LogP contribution in [0.3, 0.4) is 0 Å². The average molecular weight is 364 g/mol. The molecule has 25 heavy (non-hydrogen) atoms. The van der Waals surface area contributed by atoms with Gasteiger partial charge in [-0.15, -0.1) is 0 Å². The fourth-order valence-corrected chi connectivity index (χ4v) is 3.64. The number of unbranched alkanes of at least 4 members (excludes halogenated alkanes) is 1. The summed E-state index contributed by atoms with van der Waals surface area (Å²) in [4.78, 5) is 15.1. The Hall–Kier alpha value is -1.72. The Balaban J connectivity index is 1.57. The number of benzene rings is 1. The molecular weight excluding hydrogens is 338 g/mol. The minimum absolute atomic E-state index is 0.157. The molecule has 1 aliphatic rings. The first-order valence-corrected chi connectivity index (χ1v) is 9.43. The number of halogens is 1. The molecule has 3 N–H and O–H groups in total. The summed E-state index contributed by atoms with van der Waals surface area (Å²) in [5.41, 5.74) is 7.33. The van der Waals surface area contributed by atoms with Crippen molar-refractivity contribution in [3.05, 3.63) is 29.0 Å². The maximum Gasteiger partial charge on any atom is 0.255 e. The molecule has 1 saturated heterocycles. The van der Waals surface area contributed by atoms with Crippen LogP contribution in [0.1, 0.15) is 43.0 Å². The molecule has 0 bridgehead atoms. The molecule has 0 aliphatic carbocycles. The van der Waals surface area contributed by atoms with Gasteiger partial charge in [0.15, 0.2) is 0 Å². The maximum atomic E-state index is 12.6. The first kappa shape index (κ1) is 18.1. The number of likely N-dealkylation sites (tertiary alicyclic amines) is 1. The normalized spacial score (nSPS) is 16.4. The van der Waals surface area contributed by atoms with Crippen LogP contribution in [0, 0.1) is 5.92 Å². The topological polar surface area (TPSA) is 71.5 Å². The second-order valence-corrected chi connectivity index (χ2v) is 7.24. The molecule has 6 heteroatoms. The van der Waals surface area contributed by atoms with Crippen molar-refractivity contribution in [1.29, 1.82) is 0 Å². The van der Waals surface area contributed by atoms with Gasteiger partial charge in [-0.3, -0.25) is 4.79 Å². The number of carbonyl (C=O) groups excluding carboxylic acids is 1. The number of nitrogens with zero attached hydrogens (tertiary/aromatic N) is 1. The van der Waals surface area contributed by atoms with E-state index < -0.39 is 0 Å². The highest BCUT2D eigenvalue weighted by atomic mass is 35.5. The van der Waals surface area contributed by atoms with E-state index in [1.807, 2.05) is 0 Å². The fraction of sp³-hybridized carbons (Fsp3) is 0.526. The molecule has 1 aromatic carbocycles. The zero-order chi connectivity index (χ0) is 17.8. The van der Waals surface area contributed by atoms with Gasteiger partial charge in [0, 0.05) is 11.9 Å². The van der Waals surface area contributed by atoms with Crippen molar-refractivity contribution in [1.82, 2.24) is 10.2 Å². The van der Waals surface area contributed by atoms with Crippen molar-refractivity contribution in [2.45, 2.75) is 32.6 Å². The van der Waals surface area contributed by atoms with E-state index in [9.17, 15) is 4.79 Å². The van der Waals surface area contributed by atoms with Crippen molar-refractivity contribution in [2.75, 3.05) is 31.9 Å². The molecule has 0 unspecified atom stereocenters. The molecule has 1 aliphatic heterocycles. The van der Waals surface area contributed by atoms with Crippen LogP contribution < -0.4 is 11.1 Å². The summed E-state index contributed by atoms with van der Waals surface area (Å²) in [6, 6.07) is 3.32. The van der Waals surface area contributed by atoms with Gasteiger partial charge in [0.05, 0.1) is 22.5 Å². The van der Waals surface area contributed by atoms with Crippen molar-refractivity contribution in [3.63, 3.8) is 0 Å². The average Bonchev–Trinajstić information content (AvgIpc) is 3.12. The summed E-state index contributed by atoms with van der Waals surface area (Å²) in [6.45, 7) is 6.34. The molecule has 5 nitrogen and oxygen atoms in total. The summed E-state index contributed by atoms with van der Waals surface area (Å²) in [7, 11) is 0.